The van der Waals surface area contributed by atoms with Gasteiger partial charge in [0.05, 0.1) is 7.11 Å². The van der Waals surface area contributed by atoms with Crippen molar-refractivity contribution >= 4 is 28.2 Å². The number of hydrogen-bond donors (Lipinski definition) is 1. The van der Waals surface area contributed by atoms with Crippen LogP contribution in [0.1, 0.15) is 6.92 Å². The van der Waals surface area contributed by atoms with Gasteiger partial charge in [-0.1, -0.05) is 11.6 Å². The maximum Gasteiger partial charge on any atom is 0.198 e. The quantitative estimate of drug-likeness (QED) is 0.812. The van der Waals surface area contributed by atoms with Gasteiger partial charge in [-0.05, 0) is 6.92 Å². The summed E-state index contributed by atoms with van der Waals surface area (Å²) < 4.78 is 16.1. The number of anilines is 1. The molecule has 0 fully saturated rings. The summed E-state index contributed by atoms with van der Waals surface area (Å²) in [7, 11) is 0.635. The molecule has 2 unspecified atom stereocenters. The van der Waals surface area contributed by atoms with Gasteiger partial charge < -0.3 is 10.1 Å². The summed E-state index contributed by atoms with van der Waals surface area (Å²) in [5, 5.41) is 3.33. The van der Waals surface area contributed by atoms with Gasteiger partial charge in [0.1, 0.15) is 6.33 Å². The average Bonchev–Trinajstić information content (AvgIpc) is 2.16. The monoisotopic (exact) mass is 263 g/mol. The molecule has 0 amide bonds. The second-order valence-electron chi connectivity index (χ2n) is 3.33. The number of rotatable bonds is 5. The van der Waals surface area contributed by atoms with Crippen LogP contribution in [0.15, 0.2) is 6.33 Å². The fourth-order valence-corrected chi connectivity index (χ4v) is 2.26. The van der Waals surface area contributed by atoms with Gasteiger partial charge in [0.15, 0.2) is 16.7 Å². The van der Waals surface area contributed by atoms with Crippen molar-refractivity contribution in [2.75, 3.05) is 24.4 Å². The lowest BCUT2D eigenvalue weighted by Crippen LogP contribution is -2.23. The number of nitrogens with one attached hydrogen (secondary N) is 1. The van der Waals surface area contributed by atoms with Crippen LogP contribution in [0.25, 0.3) is 0 Å². The molecule has 0 aromatic carbocycles. The minimum atomic E-state index is -0.863. The molecular formula is C9H14ClN3O2S. The van der Waals surface area contributed by atoms with E-state index >= 15 is 0 Å². The first-order chi connectivity index (χ1) is 7.54. The van der Waals surface area contributed by atoms with Gasteiger partial charge in [-0.15, -0.1) is 0 Å². The van der Waals surface area contributed by atoms with Crippen LogP contribution in [0.4, 0.5) is 5.82 Å². The second-order valence-corrected chi connectivity index (χ2v) is 5.17. The smallest absolute Gasteiger partial charge is 0.198 e. The number of methoxy groups -OCH3 is 1. The molecule has 0 spiro atoms. The average molecular weight is 264 g/mol. The Balaban J connectivity index is 2.80. The Bertz CT molecular complexity index is 389. The minimum Gasteiger partial charge on any atom is -0.490 e. The van der Waals surface area contributed by atoms with Crippen molar-refractivity contribution in [2.45, 2.75) is 13.0 Å². The predicted molar refractivity (Wildman–Crippen MR) is 65.6 cm³/mol. The Hall–Kier alpha value is -0.880. The van der Waals surface area contributed by atoms with Gasteiger partial charge in [0.25, 0.3) is 0 Å². The summed E-state index contributed by atoms with van der Waals surface area (Å²) >= 11 is 5.84. The zero-order chi connectivity index (χ0) is 12.1. The number of ether oxygens (including phenoxy) is 1. The lowest BCUT2D eigenvalue weighted by atomic mass is 10.4. The van der Waals surface area contributed by atoms with Crippen molar-refractivity contribution in [3.8, 4) is 5.75 Å². The Kier molecular flexibility index (Phi) is 4.95. The van der Waals surface area contributed by atoms with Crippen LogP contribution in [0.3, 0.4) is 0 Å². The molecule has 7 heteroatoms. The number of aromatic nitrogens is 2. The van der Waals surface area contributed by atoms with Gasteiger partial charge in [-0.2, -0.15) is 0 Å². The normalized spacial score (nSPS) is 14.2. The van der Waals surface area contributed by atoms with Crippen molar-refractivity contribution in [2.24, 2.45) is 0 Å². The zero-order valence-corrected chi connectivity index (χ0v) is 10.9. The maximum absolute atomic E-state index is 11.0. The van der Waals surface area contributed by atoms with Gasteiger partial charge in [0.2, 0.25) is 0 Å². The lowest BCUT2D eigenvalue weighted by Gasteiger charge is -2.15. The van der Waals surface area contributed by atoms with Gasteiger partial charge >= 0.3 is 0 Å². The fourth-order valence-electron chi connectivity index (χ4n) is 1.26. The highest BCUT2D eigenvalue weighted by molar-refractivity contribution is 7.84. The van der Waals surface area contributed by atoms with Crippen LogP contribution >= 0.6 is 11.6 Å². The maximum atomic E-state index is 11.0. The first kappa shape index (κ1) is 13.2. The Morgan fingerprint density at radius 2 is 2.31 bits per heavy atom. The van der Waals surface area contributed by atoms with Crippen molar-refractivity contribution in [3.63, 3.8) is 0 Å². The van der Waals surface area contributed by atoms with Gasteiger partial charge in [-0.25, -0.2) is 9.97 Å². The number of halogens is 1. The Morgan fingerprint density at radius 1 is 1.62 bits per heavy atom. The van der Waals surface area contributed by atoms with E-state index in [0.29, 0.717) is 17.3 Å². The van der Waals surface area contributed by atoms with Crippen LogP contribution in [-0.4, -0.2) is 39.3 Å². The van der Waals surface area contributed by atoms with E-state index in [2.05, 4.69) is 15.3 Å². The predicted octanol–water partition coefficient (Wildman–Crippen LogP) is 1.32. The largest absolute Gasteiger partial charge is 0.490 e. The van der Waals surface area contributed by atoms with E-state index in [1.807, 2.05) is 6.92 Å². The van der Waals surface area contributed by atoms with E-state index < -0.39 is 10.8 Å². The third kappa shape index (κ3) is 3.61. The van der Waals surface area contributed by atoms with E-state index in [9.17, 15) is 4.21 Å². The lowest BCUT2D eigenvalue weighted by molar-refractivity contribution is 0.412. The van der Waals surface area contributed by atoms with E-state index in [1.54, 1.807) is 6.26 Å². The molecule has 5 nitrogen and oxygen atoms in total. The molecule has 1 heterocycles. The third-order valence-corrected chi connectivity index (χ3v) is 3.07. The van der Waals surface area contributed by atoms with Gasteiger partial charge in [-0.3, -0.25) is 4.21 Å². The van der Waals surface area contributed by atoms with Crippen LogP contribution in [0, 0.1) is 0 Å². The molecule has 1 N–H and O–H groups in total. The molecule has 1 aromatic rings. The molecule has 2 atom stereocenters. The zero-order valence-electron chi connectivity index (χ0n) is 9.36. The Morgan fingerprint density at radius 3 is 2.88 bits per heavy atom. The molecule has 16 heavy (non-hydrogen) atoms. The summed E-state index contributed by atoms with van der Waals surface area (Å²) in [4.78, 5) is 7.84. The van der Waals surface area contributed by atoms with E-state index in [4.69, 9.17) is 16.3 Å². The summed E-state index contributed by atoms with van der Waals surface area (Å²) in [6.07, 6.45) is 3.01. The molecule has 0 aliphatic rings. The summed E-state index contributed by atoms with van der Waals surface area (Å²) in [5.74, 6) is 1.45. The van der Waals surface area contributed by atoms with Gasteiger partial charge in [0, 0.05) is 28.9 Å². The van der Waals surface area contributed by atoms with Crippen molar-refractivity contribution < 1.29 is 8.95 Å². The minimum absolute atomic E-state index is 0.0192. The van der Waals surface area contributed by atoms with Crippen LogP contribution < -0.4 is 10.1 Å². The first-order valence-corrected chi connectivity index (χ1v) is 6.76. The third-order valence-electron chi connectivity index (χ3n) is 1.83. The Labute approximate surface area is 102 Å². The van der Waals surface area contributed by atoms with Crippen LogP contribution in [-0.2, 0) is 10.8 Å². The number of hydrogen-bond acceptors (Lipinski definition) is 5. The molecule has 0 radical (unpaired) electrons. The highest BCUT2D eigenvalue weighted by Gasteiger charge is 2.13. The second kappa shape index (κ2) is 6.00. The summed E-state index contributed by atoms with van der Waals surface area (Å²) in [5.41, 5.74) is 0. The van der Waals surface area contributed by atoms with Crippen molar-refractivity contribution in [3.05, 3.63) is 11.5 Å². The van der Waals surface area contributed by atoms with Crippen LogP contribution in [0.5, 0.6) is 5.75 Å². The molecule has 90 valence electrons. The molecule has 1 rings (SSSR count). The molecule has 0 saturated heterocycles. The highest BCUT2D eigenvalue weighted by Crippen LogP contribution is 2.28. The van der Waals surface area contributed by atoms with E-state index in [0.717, 1.165) is 0 Å². The van der Waals surface area contributed by atoms with Crippen LogP contribution in [0.2, 0.25) is 5.15 Å². The topological polar surface area (TPSA) is 64.1 Å². The molecule has 0 bridgehead atoms. The first-order valence-electron chi connectivity index (χ1n) is 4.65. The SMILES string of the molecule is COc1c(Cl)ncnc1NC(C)CS(C)=O. The molecule has 1 aromatic heterocycles. The molecule has 0 aliphatic carbocycles. The standard InChI is InChI=1S/C9H14ClN3O2S/c1-6(4-16(3)14)13-9-7(15-2)8(10)11-5-12-9/h5-6H,4H2,1-3H3,(H,11,12,13). The van der Waals surface area contributed by atoms with Crippen molar-refractivity contribution in [1.82, 2.24) is 9.97 Å². The highest BCUT2D eigenvalue weighted by atomic mass is 35.5. The molecule has 0 aliphatic heterocycles. The summed E-state index contributed by atoms with van der Waals surface area (Å²) in [6, 6.07) is 0.0192. The van der Waals surface area contributed by atoms with E-state index in [-0.39, 0.29) is 11.2 Å². The van der Waals surface area contributed by atoms with E-state index in [1.165, 1.54) is 13.4 Å². The summed E-state index contributed by atoms with van der Waals surface area (Å²) in [6.45, 7) is 1.91. The van der Waals surface area contributed by atoms with Crippen molar-refractivity contribution in [1.29, 1.82) is 0 Å². The molecule has 0 saturated carbocycles. The fraction of sp³-hybridized carbons (Fsp3) is 0.556. The number of nitrogens with zero attached hydrogens (tertiary/aromatic N) is 2. The molecular weight excluding hydrogens is 250 g/mol.